The Bertz CT molecular complexity index is 622. The van der Waals surface area contributed by atoms with E-state index >= 15 is 0 Å². The SMILES string of the molecule is CCCNc1cc(Nc2ccc(Cl)cc2Cl)nc(SC)n1. The Hall–Kier alpha value is -1.17. The monoisotopic (exact) mass is 342 g/mol. The van der Waals surface area contributed by atoms with Gasteiger partial charge >= 0.3 is 0 Å². The normalized spacial score (nSPS) is 10.5. The first-order valence-corrected chi connectivity index (χ1v) is 8.49. The van der Waals surface area contributed by atoms with Gasteiger partial charge in [0, 0.05) is 17.6 Å². The Kier molecular flexibility index (Phi) is 5.96. The van der Waals surface area contributed by atoms with E-state index < -0.39 is 0 Å². The highest BCUT2D eigenvalue weighted by Gasteiger charge is 2.07. The Morgan fingerprint density at radius 2 is 1.90 bits per heavy atom. The summed E-state index contributed by atoms with van der Waals surface area (Å²) in [5, 5.41) is 8.31. The van der Waals surface area contributed by atoms with Gasteiger partial charge in [-0.2, -0.15) is 0 Å². The summed E-state index contributed by atoms with van der Waals surface area (Å²) < 4.78 is 0. The van der Waals surface area contributed by atoms with Gasteiger partial charge in [0.1, 0.15) is 11.6 Å². The number of hydrogen-bond acceptors (Lipinski definition) is 5. The Morgan fingerprint density at radius 1 is 1.14 bits per heavy atom. The predicted octanol–water partition coefficient (Wildman–Crippen LogP) is 5.07. The second-order valence-electron chi connectivity index (χ2n) is 4.30. The van der Waals surface area contributed by atoms with Gasteiger partial charge in [0.2, 0.25) is 0 Å². The van der Waals surface area contributed by atoms with Crippen molar-refractivity contribution in [3.63, 3.8) is 0 Å². The molecular formula is C14H16Cl2N4S. The van der Waals surface area contributed by atoms with E-state index in [2.05, 4.69) is 27.5 Å². The third kappa shape index (κ3) is 4.66. The topological polar surface area (TPSA) is 49.8 Å². The fraction of sp³-hybridized carbons (Fsp3) is 0.286. The molecule has 0 aliphatic rings. The molecule has 7 heteroatoms. The highest BCUT2D eigenvalue weighted by molar-refractivity contribution is 7.98. The van der Waals surface area contributed by atoms with E-state index in [9.17, 15) is 0 Å². The summed E-state index contributed by atoms with van der Waals surface area (Å²) in [4.78, 5) is 8.84. The lowest BCUT2D eigenvalue weighted by atomic mass is 10.3. The zero-order valence-corrected chi connectivity index (χ0v) is 14.1. The summed E-state index contributed by atoms with van der Waals surface area (Å²) >= 11 is 13.6. The number of nitrogens with one attached hydrogen (secondary N) is 2. The minimum atomic E-state index is 0.551. The van der Waals surface area contributed by atoms with Crippen LogP contribution in [0.25, 0.3) is 0 Å². The minimum absolute atomic E-state index is 0.551. The summed E-state index contributed by atoms with van der Waals surface area (Å²) in [6, 6.07) is 7.16. The van der Waals surface area contributed by atoms with Gasteiger partial charge in [0.25, 0.3) is 0 Å². The van der Waals surface area contributed by atoms with Gasteiger partial charge in [-0.05, 0) is 30.9 Å². The van der Waals surface area contributed by atoms with Crippen molar-refractivity contribution in [3.05, 3.63) is 34.3 Å². The molecule has 0 atom stereocenters. The molecule has 1 aromatic heterocycles. The maximum atomic E-state index is 6.17. The number of nitrogens with zero attached hydrogens (tertiary/aromatic N) is 2. The van der Waals surface area contributed by atoms with Crippen LogP contribution in [0.4, 0.5) is 17.3 Å². The molecule has 0 bridgehead atoms. The predicted molar refractivity (Wildman–Crippen MR) is 92.3 cm³/mol. The molecule has 0 saturated carbocycles. The molecule has 2 N–H and O–H groups in total. The number of benzene rings is 1. The van der Waals surface area contributed by atoms with Crippen LogP contribution in [0.2, 0.25) is 10.0 Å². The van der Waals surface area contributed by atoms with E-state index in [-0.39, 0.29) is 0 Å². The molecule has 2 rings (SSSR count). The van der Waals surface area contributed by atoms with Crippen LogP contribution in [0.15, 0.2) is 29.4 Å². The van der Waals surface area contributed by atoms with E-state index in [0.29, 0.717) is 21.0 Å². The summed E-state index contributed by atoms with van der Waals surface area (Å²) in [5.74, 6) is 1.49. The van der Waals surface area contributed by atoms with E-state index in [0.717, 1.165) is 24.5 Å². The fourth-order valence-corrected chi connectivity index (χ4v) is 2.49. The zero-order chi connectivity index (χ0) is 15.2. The van der Waals surface area contributed by atoms with Gasteiger partial charge in [0.05, 0.1) is 10.7 Å². The van der Waals surface area contributed by atoms with Crippen molar-refractivity contribution >= 4 is 52.3 Å². The maximum absolute atomic E-state index is 6.17. The van der Waals surface area contributed by atoms with Crippen molar-refractivity contribution in [1.29, 1.82) is 0 Å². The van der Waals surface area contributed by atoms with Crippen molar-refractivity contribution in [2.45, 2.75) is 18.5 Å². The zero-order valence-electron chi connectivity index (χ0n) is 11.8. The van der Waals surface area contributed by atoms with Crippen molar-refractivity contribution in [2.75, 3.05) is 23.4 Å². The lowest BCUT2D eigenvalue weighted by Crippen LogP contribution is -2.05. The number of anilines is 3. The van der Waals surface area contributed by atoms with Crippen LogP contribution >= 0.6 is 35.0 Å². The second kappa shape index (κ2) is 7.73. The molecule has 1 aromatic carbocycles. The second-order valence-corrected chi connectivity index (χ2v) is 5.92. The van der Waals surface area contributed by atoms with E-state index in [1.54, 1.807) is 12.1 Å². The third-order valence-electron chi connectivity index (χ3n) is 2.64. The van der Waals surface area contributed by atoms with Gasteiger partial charge in [-0.15, -0.1) is 0 Å². The summed E-state index contributed by atoms with van der Waals surface area (Å²) in [7, 11) is 0. The molecule has 0 amide bonds. The molecule has 4 nitrogen and oxygen atoms in total. The van der Waals surface area contributed by atoms with Crippen LogP contribution in [0.1, 0.15) is 13.3 Å². The first-order chi connectivity index (χ1) is 10.1. The highest BCUT2D eigenvalue weighted by atomic mass is 35.5. The van der Waals surface area contributed by atoms with Gasteiger partial charge < -0.3 is 10.6 Å². The summed E-state index contributed by atoms with van der Waals surface area (Å²) in [6.07, 6.45) is 2.97. The highest BCUT2D eigenvalue weighted by Crippen LogP contribution is 2.28. The number of rotatable bonds is 6. The van der Waals surface area contributed by atoms with Crippen LogP contribution in [0, 0.1) is 0 Å². The molecule has 1 heterocycles. The van der Waals surface area contributed by atoms with Crippen LogP contribution in [-0.2, 0) is 0 Å². The maximum Gasteiger partial charge on any atom is 0.191 e. The number of thioether (sulfide) groups is 1. The van der Waals surface area contributed by atoms with Gasteiger partial charge in [0.15, 0.2) is 5.16 Å². The summed E-state index contributed by atoms with van der Waals surface area (Å²) in [5.41, 5.74) is 0.758. The molecule has 112 valence electrons. The first-order valence-electron chi connectivity index (χ1n) is 6.51. The smallest absolute Gasteiger partial charge is 0.191 e. The minimum Gasteiger partial charge on any atom is -0.370 e. The molecule has 0 saturated heterocycles. The van der Waals surface area contributed by atoms with Gasteiger partial charge in [-0.25, -0.2) is 9.97 Å². The average Bonchev–Trinajstić information content (AvgIpc) is 2.48. The average molecular weight is 343 g/mol. The van der Waals surface area contributed by atoms with Crippen molar-refractivity contribution in [1.82, 2.24) is 9.97 Å². The van der Waals surface area contributed by atoms with E-state index in [4.69, 9.17) is 23.2 Å². The molecule has 0 fully saturated rings. The van der Waals surface area contributed by atoms with Crippen LogP contribution in [-0.4, -0.2) is 22.8 Å². The molecular weight excluding hydrogens is 327 g/mol. The Balaban J connectivity index is 2.25. The van der Waals surface area contributed by atoms with Crippen LogP contribution in [0.5, 0.6) is 0 Å². The van der Waals surface area contributed by atoms with Crippen molar-refractivity contribution < 1.29 is 0 Å². The molecule has 0 aliphatic carbocycles. The third-order valence-corrected chi connectivity index (χ3v) is 3.73. The Labute approximate surface area is 138 Å². The van der Waals surface area contributed by atoms with Gasteiger partial charge in [-0.3, -0.25) is 0 Å². The molecule has 2 aromatic rings. The Morgan fingerprint density at radius 3 is 2.57 bits per heavy atom. The number of aromatic nitrogens is 2. The van der Waals surface area contributed by atoms with E-state index in [1.807, 2.05) is 18.4 Å². The van der Waals surface area contributed by atoms with Crippen LogP contribution in [0.3, 0.4) is 0 Å². The molecule has 0 radical (unpaired) electrons. The van der Waals surface area contributed by atoms with Crippen molar-refractivity contribution in [3.8, 4) is 0 Å². The molecule has 0 aliphatic heterocycles. The molecule has 21 heavy (non-hydrogen) atoms. The van der Waals surface area contributed by atoms with Gasteiger partial charge in [-0.1, -0.05) is 41.9 Å². The number of halogens is 2. The van der Waals surface area contributed by atoms with E-state index in [1.165, 1.54) is 11.8 Å². The lowest BCUT2D eigenvalue weighted by Gasteiger charge is -2.11. The number of hydrogen-bond donors (Lipinski definition) is 2. The summed E-state index contributed by atoms with van der Waals surface area (Å²) in [6.45, 7) is 2.97. The fourth-order valence-electron chi connectivity index (χ4n) is 1.65. The molecule has 0 spiro atoms. The lowest BCUT2D eigenvalue weighted by molar-refractivity contribution is 0.929. The first kappa shape index (κ1) is 16.2. The largest absolute Gasteiger partial charge is 0.370 e. The van der Waals surface area contributed by atoms with Crippen LogP contribution < -0.4 is 10.6 Å². The standard InChI is InChI=1S/C14H16Cl2N4S/c1-3-6-17-12-8-13(20-14(19-12)21-2)18-11-5-4-9(15)7-10(11)16/h4-5,7-8H,3,6H2,1-2H3,(H2,17,18,19,20). The molecule has 0 unspecified atom stereocenters. The quantitative estimate of drug-likeness (QED) is 0.566. The van der Waals surface area contributed by atoms with Crippen molar-refractivity contribution in [2.24, 2.45) is 0 Å².